The van der Waals surface area contributed by atoms with Crippen LogP contribution in [-0.2, 0) is 0 Å². The fourth-order valence-corrected chi connectivity index (χ4v) is 3.96. The van der Waals surface area contributed by atoms with Crippen LogP contribution in [0.3, 0.4) is 0 Å². The minimum absolute atomic E-state index is 0.210. The molecule has 2 heterocycles. The largest absolute Gasteiger partial charge is 0.369 e. The summed E-state index contributed by atoms with van der Waals surface area (Å²) >= 11 is 0. The second-order valence-corrected chi connectivity index (χ2v) is 7.83. The highest BCUT2D eigenvalue weighted by Gasteiger charge is 2.17. The van der Waals surface area contributed by atoms with E-state index in [0.29, 0.717) is 16.8 Å². The third-order valence-electron chi connectivity index (χ3n) is 5.86. The van der Waals surface area contributed by atoms with Crippen LogP contribution in [0.2, 0.25) is 0 Å². The number of likely N-dealkylation sites (N-methyl/N-ethyl adjacent to an activating group) is 1. The Morgan fingerprint density at radius 3 is 2.53 bits per heavy atom. The molecule has 0 radical (unpaired) electrons. The fraction of sp³-hybridized carbons (Fsp3) is 0.333. The van der Waals surface area contributed by atoms with Crippen molar-refractivity contribution < 1.29 is 9.18 Å². The van der Waals surface area contributed by atoms with Crippen molar-refractivity contribution in [1.29, 1.82) is 0 Å². The molecule has 0 spiro atoms. The van der Waals surface area contributed by atoms with Gasteiger partial charge in [-0.05, 0) is 62.4 Å². The van der Waals surface area contributed by atoms with E-state index in [1.165, 1.54) is 17.8 Å². The van der Waals surface area contributed by atoms with Crippen LogP contribution < -0.4 is 10.2 Å². The van der Waals surface area contributed by atoms with E-state index in [-0.39, 0.29) is 11.7 Å². The molecule has 1 aliphatic rings. The van der Waals surface area contributed by atoms with Crippen LogP contribution in [0.5, 0.6) is 0 Å². The van der Waals surface area contributed by atoms with Crippen molar-refractivity contribution in [2.24, 2.45) is 0 Å². The van der Waals surface area contributed by atoms with Gasteiger partial charge in [-0.3, -0.25) is 9.78 Å². The van der Waals surface area contributed by atoms with Gasteiger partial charge in [0.25, 0.3) is 5.91 Å². The van der Waals surface area contributed by atoms with Crippen molar-refractivity contribution in [2.45, 2.75) is 20.8 Å². The Hall–Kier alpha value is -2.99. The summed E-state index contributed by atoms with van der Waals surface area (Å²) in [5.41, 5.74) is 4.61. The minimum atomic E-state index is -0.335. The average molecular weight is 407 g/mol. The van der Waals surface area contributed by atoms with Crippen LogP contribution in [-0.4, -0.2) is 48.5 Å². The number of nitrogens with zero attached hydrogens (tertiary/aromatic N) is 3. The number of anilines is 2. The Morgan fingerprint density at radius 2 is 1.83 bits per heavy atom. The number of halogens is 1. The van der Waals surface area contributed by atoms with Crippen LogP contribution in [0.25, 0.3) is 10.9 Å². The van der Waals surface area contributed by atoms with Crippen molar-refractivity contribution in [3.05, 3.63) is 65.1 Å². The van der Waals surface area contributed by atoms with Crippen LogP contribution in [0.15, 0.2) is 42.5 Å². The Kier molecular flexibility index (Phi) is 5.68. The lowest BCUT2D eigenvalue weighted by molar-refractivity contribution is 0.102. The Labute approximate surface area is 176 Å². The summed E-state index contributed by atoms with van der Waals surface area (Å²) in [6.45, 7) is 11.3. The van der Waals surface area contributed by atoms with E-state index in [4.69, 9.17) is 0 Å². The predicted octanol–water partition coefficient (Wildman–Crippen LogP) is 4.38. The van der Waals surface area contributed by atoms with Gasteiger partial charge in [0.2, 0.25) is 0 Å². The van der Waals surface area contributed by atoms with E-state index in [1.54, 1.807) is 19.1 Å². The number of aromatic nitrogens is 1. The van der Waals surface area contributed by atoms with Gasteiger partial charge in [0.05, 0.1) is 16.8 Å². The molecule has 0 atom stereocenters. The number of aryl methyl sites for hydroxylation is 2. The molecule has 0 saturated carbocycles. The van der Waals surface area contributed by atoms with E-state index in [9.17, 15) is 9.18 Å². The van der Waals surface area contributed by atoms with Crippen LogP contribution >= 0.6 is 0 Å². The third-order valence-corrected chi connectivity index (χ3v) is 5.86. The molecule has 2 aromatic carbocycles. The molecule has 1 aliphatic heterocycles. The van der Waals surface area contributed by atoms with Gasteiger partial charge in [-0.15, -0.1) is 0 Å². The quantitative estimate of drug-likeness (QED) is 0.698. The van der Waals surface area contributed by atoms with Crippen molar-refractivity contribution >= 4 is 28.2 Å². The number of hydrogen-bond acceptors (Lipinski definition) is 4. The minimum Gasteiger partial charge on any atom is -0.369 e. The summed E-state index contributed by atoms with van der Waals surface area (Å²) in [5, 5.41) is 3.75. The number of carbonyl (C=O) groups is 1. The Bertz CT molecular complexity index is 1090. The maximum Gasteiger partial charge on any atom is 0.257 e. The summed E-state index contributed by atoms with van der Waals surface area (Å²) < 4.78 is 13.4. The van der Waals surface area contributed by atoms with E-state index < -0.39 is 0 Å². The van der Waals surface area contributed by atoms with E-state index in [0.717, 1.165) is 49.4 Å². The molecule has 1 amide bonds. The molecule has 5 nitrogen and oxygen atoms in total. The lowest BCUT2D eigenvalue weighted by Crippen LogP contribution is -2.46. The first-order valence-corrected chi connectivity index (χ1v) is 10.4. The van der Waals surface area contributed by atoms with Gasteiger partial charge in [0.15, 0.2) is 0 Å². The van der Waals surface area contributed by atoms with E-state index in [2.05, 4.69) is 39.2 Å². The van der Waals surface area contributed by atoms with Crippen molar-refractivity contribution in [2.75, 3.05) is 42.9 Å². The monoisotopic (exact) mass is 406 g/mol. The van der Waals surface area contributed by atoms with Crippen LogP contribution in [0, 0.1) is 19.7 Å². The second-order valence-electron chi connectivity index (χ2n) is 7.83. The van der Waals surface area contributed by atoms with Gasteiger partial charge < -0.3 is 15.1 Å². The lowest BCUT2D eigenvalue weighted by Gasteiger charge is -2.35. The number of pyridine rings is 1. The second kappa shape index (κ2) is 8.40. The predicted molar refractivity (Wildman–Crippen MR) is 120 cm³/mol. The van der Waals surface area contributed by atoms with Gasteiger partial charge in [0, 0.05) is 49.0 Å². The van der Waals surface area contributed by atoms with Crippen molar-refractivity contribution in [1.82, 2.24) is 9.88 Å². The van der Waals surface area contributed by atoms with Gasteiger partial charge in [-0.2, -0.15) is 0 Å². The molecule has 4 rings (SSSR count). The maximum absolute atomic E-state index is 13.4. The zero-order chi connectivity index (χ0) is 21.3. The summed E-state index contributed by atoms with van der Waals surface area (Å²) in [6.07, 6.45) is 0. The van der Waals surface area contributed by atoms with Gasteiger partial charge in [-0.25, -0.2) is 4.39 Å². The number of hydrogen-bond donors (Lipinski definition) is 1. The van der Waals surface area contributed by atoms with E-state index >= 15 is 0 Å². The van der Waals surface area contributed by atoms with E-state index in [1.807, 2.05) is 13.0 Å². The molecule has 3 aromatic rings. The first-order valence-electron chi connectivity index (χ1n) is 10.4. The van der Waals surface area contributed by atoms with Gasteiger partial charge in [0.1, 0.15) is 5.82 Å². The first-order chi connectivity index (χ1) is 14.4. The summed E-state index contributed by atoms with van der Waals surface area (Å²) in [4.78, 5) is 22.2. The summed E-state index contributed by atoms with van der Waals surface area (Å²) in [6, 6.07) is 12.3. The average Bonchev–Trinajstić information content (AvgIpc) is 2.74. The SMILES string of the molecule is CCN1CCN(c2ccc(NC(=O)c3cc4ccc(F)cc4nc3C)c(C)c2)CC1. The zero-order valence-electron chi connectivity index (χ0n) is 17.7. The van der Waals surface area contributed by atoms with Crippen LogP contribution in [0.1, 0.15) is 28.5 Å². The maximum atomic E-state index is 13.4. The molecule has 30 heavy (non-hydrogen) atoms. The Balaban J connectivity index is 1.51. The number of carbonyl (C=O) groups excluding carboxylic acids is 1. The molecular formula is C24H27FN4O. The van der Waals surface area contributed by atoms with Gasteiger partial charge >= 0.3 is 0 Å². The lowest BCUT2D eigenvalue weighted by atomic mass is 10.1. The molecule has 6 heteroatoms. The first kappa shape index (κ1) is 20.3. The standard InChI is InChI=1S/C24H27FN4O/c1-4-28-9-11-29(12-10-28)20-7-8-22(16(2)13-20)27-24(30)21-14-18-5-6-19(25)15-23(18)26-17(21)3/h5-8,13-15H,4,9-12H2,1-3H3,(H,27,30). The highest BCUT2D eigenvalue weighted by Crippen LogP contribution is 2.25. The van der Waals surface area contributed by atoms with Crippen molar-refractivity contribution in [3.8, 4) is 0 Å². The fourth-order valence-electron chi connectivity index (χ4n) is 3.96. The molecule has 0 bridgehead atoms. The van der Waals surface area contributed by atoms with Gasteiger partial charge in [-0.1, -0.05) is 6.92 Å². The normalized spacial score (nSPS) is 14.9. The molecule has 0 aliphatic carbocycles. The number of fused-ring (bicyclic) bond motifs is 1. The number of amides is 1. The number of rotatable bonds is 4. The highest BCUT2D eigenvalue weighted by molar-refractivity contribution is 6.07. The van der Waals surface area contributed by atoms with Crippen molar-refractivity contribution in [3.63, 3.8) is 0 Å². The third kappa shape index (κ3) is 4.14. The molecule has 0 unspecified atom stereocenters. The summed E-state index contributed by atoms with van der Waals surface area (Å²) in [5.74, 6) is -0.544. The number of piperazine rings is 1. The molecule has 156 valence electrons. The summed E-state index contributed by atoms with van der Waals surface area (Å²) in [7, 11) is 0. The van der Waals surface area contributed by atoms with Crippen LogP contribution in [0.4, 0.5) is 15.8 Å². The topological polar surface area (TPSA) is 48.5 Å². The molecular weight excluding hydrogens is 379 g/mol. The molecule has 1 fully saturated rings. The number of benzene rings is 2. The molecule has 1 aromatic heterocycles. The molecule has 1 saturated heterocycles. The smallest absolute Gasteiger partial charge is 0.257 e. The highest BCUT2D eigenvalue weighted by atomic mass is 19.1. The number of nitrogens with one attached hydrogen (secondary N) is 1. The molecule has 1 N–H and O–H groups in total. The Morgan fingerprint density at radius 1 is 1.07 bits per heavy atom. The zero-order valence-corrected chi connectivity index (χ0v) is 17.7.